The highest BCUT2D eigenvalue weighted by Crippen LogP contribution is 2.36. The number of pyridine rings is 2. The quantitative estimate of drug-likeness (QED) is 0.509. The second-order valence-electron chi connectivity index (χ2n) is 7.59. The highest BCUT2D eigenvalue weighted by atomic mass is 16.6. The topological polar surface area (TPSA) is 65.3 Å². The van der Waals surface area contributed by atoms with Gasteiger partial charge in [-0.25, -0.2) is 9.97 Å². The molecular weight excluding hydrogens is 378 g/mol. The van der Waals surface area contributed by atoms with Crippen LogP contribution in [0.15, 0.2) is 61.1 Å². The molecule has 5 rings (SSSR count). The van der Waals surface area contributed by atoms with Gasteiger partial charge in [-0.2, -0.15) is 0 Å². The van der Waals surface area contributed by atoms with Crippen LogP contribution in [0.2, 0.25) is 0 Å². The minimum Gasteiger partial charge on any atom is -0.485 e. The normalized spacial score (nSPS) is 15.6. The average molecular weight is 401 g/mol. The highest BCUT2D eigenvalue weighted by molar-refractivity contribution is 5.78. The summed E-state index contributed by atoms with van der Waals surface area (Å²) in [4.78, 5) is 15.9. The zero-order valence-corrected chi connectivity index (χ0v) is 17.0. The number of rotatable bonds is 5. The summed E-state index contributed by atoms with van der Waals surface area (Å²) in [5, 5.41) is 0. The van der Waals surface area contributed by atoms with Crippen LogP contribution in [-0.2, 0) is 6.54 Å². The summed E-state index contributed by atoms with van der Waals surface area (Å²) in [5.41, 5.74) is 3.78. The molecule has 0 saturated carbocycles. The Balaban J connectivity index is 1.56. The Morgan fingerprint density at radius 3 is 2.67 bits per heavy atom. The van der Waals surface area contributed by atoms with Crippen LogP contribution in [0, 0.1) is 0 Å². The van der Waals surface area contributed by atoms with E-state index in [1.165, 1.54) is 0 Å². The number of aromatic nitrogens is 4. The van der Waals surface area contributed by atoms with Gasteiger partial charge in [-0.05, 0) is 50.0 Å². The molecule has 0 radical (unpaired) electrons. The van der Waals surface area contributed by atoms with E-state index in [0.29, 0.717) is 6.61 Å². The Labute approximate surface area is 174 Å². The van der Waals surface area contributed by atoms with Crippen molar-refractivity contribution in [1.82, 2.24) is 24.4 Å². The fourth-order valence-corrected chi connectivity index (χ4v) is 3.64. The first-order valence-corrected chi connectivity index (χ1v) is 9.99. The molecular formula is C23H23N5O2. The SMILES string of the molecule is CN(C)CCn1c(C2COc3ccccc3O2)nc2cc(-c3ccncc3)cnc21. The standard InChI is InChI=1S/C23H23N5O2/c1-27(2)11-12-28-22-18(13-17(14-25-22)16-7-9-24-10-8-16)26-23(28)21-15-29-19-5-3-4-6-20(19)30-21/h3-10,13-14,21H,11-12,15H2,1-2H3. The molecule has 0 amide bonds. The number of ether oxygens (including phenoxy) is 2. The van der Waals surface area contributed by atoms with E-state index in [2.05, 4.69) is 34.6 Å². The van der Waals surface area contributed by atoms with Crippen molar-refractivity contribution in [1.29, 1.82) is 0 Å². The number of nitrogens with zero attached hydrogens (tertiary/aromatic N) is 5. The molecule has 4 aromatic rings. The summed E-state index contributed by atoms with van der Waals surface area (Å²) in [5.74, 6) is 2.34. The van der Waals surface area contributed by atoms with Gasteiger partial charge in [0.15, 0.2) is 29.1 Å². The molecule has 0 saturated heterocycles. The van der Waals surface area contributed by atoms with Gasteiger partial charge in [-0.3, -0.25) is 4.98 Å². The minimum absolute atomic E-state index is 0.291. The third kappa shape index (κ3) is 3.48. The zero-order chi connectivity index (χ0) is 20.5. The number of likely N-dealkylation sites (N-methyl/N-ethyl adjacent to an activating group) is 1. The average Bonchev–Trinajstić information content (AvgIpc) is 3.15. The van der Waals surface area contributed by atoms with Gasteiger partial charge in [0.05, 0.1) is 0 Å². The van der Waals surface area contributed by atoms with Crippen LogP contribution in [0.3, 0.4) is 0 Å². The van der Waals surface area contributed by atoms with Crippen LogP contribution in [-0.4, -0.2) is 51.7 Å². The summed E-state index contributed by atoms with van der Waals surface area (Å²) in [6, 6.07) is 13.8. The lowest BCUT2D eigenvalue weighted by Gasteiger charge is -2.26. The summed E-state index contributed by atoms with van der Waals surface area (Å²) < 4.78 is 14.3. The molecule has 152 valence electrons. The molecule has 0 N–H and O–H groups in total. The largest absolute Gasteiger partial charge is 0.485 e. The Kier molecular flexibility index (Phi) is 4.80. The second kappa shape index (κ2) is 7.76. The van der Waals surface area contributed by atoms with Crippen LogP contribution < -0.4 is 9.47 Å². The maximum Gasteiger partial charge on any atom is 0.190 e. The predicted octanol–water partition coefficient (Wildman–Crippen LogP) is 3.57. The zero-order valence-electron chi connectivity index (χ0n) is 17.0. The molecule has 0 aliphatic carbocycles. The van der Waals surface area contributed by atoms with Crippen LogP contribution >= 0.6 is 0 Å². The fraction of sp³-hybridized carbons (Fsp3) is 0.261. The number of fused-ring (bicyclic) bond motifs is 2. The lowest BCUT2D eigenvalue weighted by molar-refractivity contribution is 0.0824. The van der Waals surface area contributed by atoms with E-state index >= 15 is 0 Å². The predicted molar refractivity (Wildman–Crippen MR) is 115 cm³/mol. The molecule has 1 aliphatic rings. The molecule has 1 atom stereocenters. The molecule has 3 aromatic heterocycles. The number of hydrogen-bond donors (Lipinski definition) is 0. The Bertz CT molecular complexity index is 1170. The van der Waals surface area contributed by atoms with Crippen molar-refractivity contribution in [3.8, 4) is 22.6 Å². The van der Waals surface area contributed by atoms with E-state index in [-0.39, 0.29) is 6.10 Å². The van der Waals surface area contributed by atoms with Crippen LogP contribution in [0.4, 0.5) is 0 Å². The summed E-state index contributed by atoms with van der Waals surface area (Å²) in [6.45, 7) is 2.05. The molecule has 0 fully saturated rings. The van der Waals surface area contributed by atoms with Gasteiger partial charge in [0.2, 0.25) is 0 Å². The van der Waals surface area contributed by atoms with E-state index in [0.717, 1.165) is 52.7 Å². The minimum atomic E-state index is -0.291. The number of para-hydroxylation sites is 2. The van der Waals surface area contributed by atoms with Crippen molar-refractivity contribution in [2.75, 3.05) is 27.2 Å². The highest BCUT2D eigenvalue weighted by Gasteiger charge is 2.28. The molecule has 4 heterocycles. The monoisotopic (exact) mass is 401 g/mol. The summed E-state index contributed by atoms with van der Waals surface area (Å²) >= 11 is 0. The number of imidazole rings is 1. The van der Waals surface area contributed by atoms with Gasteiger partial charge in [0.25, 0.3) is 0 Å². The molecule has 0 spiro atoms. The summed E-state index contributed by atoms with van der Waals surface area (Å²) in [7, 11) is 4.12. The number of benzene rings is 1. The van der Waals surface area contributed by atoms with Crippen molar-refractivity contribution < 1.29 is 9.47 Å². The molecule has 1 aliphatic heterocycles. The van der Waals surface area contributed by atoms with E-state index in [9.17, 15) is 0 Å². The van der Waals surface area contributed by atoms with Gasteiger partial charge in [0.1, 0.15) is 12.1 Å². The maximum atomic E-state index is 6.25. The first-order chi connectivity index (χ1) is 14.7. The smallest absolute Gasteiger partial charge is 0.190 e. The van der Waals surface area contributed by atoms with E-state index in [1.54, 1.807) is 12.4 Å². The van der Waals surface area contributed by atoms with Crippen molar-refractivity contribution >= 4 is 11.2 Å². The van der Waals surface area contributed by atoms with Crippen LogP contribution in [0.25, 0.3) is 22.3 Å². The van der Waals surface area contributed by atoms with E-state index in [1.807, 2.05) is 42.6 Å². The van der Waals surface area contributed by atoms with E-state index in [4.69, 9.17) is 19.4 Å². The molecule has 0 bridgehead atoms. The van der Waals surface area contributed by atoms with Gasteiger partial charge < -0.3 is 18.9 Å². The third-order valence-corrected chi connectivity index (χ3v) is 5.20. The maximum absolute atomic E-state index is 6.25. The van der Waals surface area contributed by atoms with Gasteiger partial charge >= 0.3 is 0 Å². The molecule has 7 nitrogen and oxygen atoms in total. The van der Waals surface area contributed by atoms with Crippen molar-refractivity contribution in [2.45, 2.75) is 12.6 Å². The Morgan fingerprint density at radius 2 is 1.87 bits per heavy atom. The van der Waals surface area contributed by atoms with Crippen molar-refractivity contribution in [3.63, 3.8) is 0 Å². The first kappa shape index (κ1) is 18.6. The molecule has 1 unspecified atom stereocenters. The number of hydrogen-bond acceptors (Lipinski definition) is 6. The molecule has 7 heteroatoms. The van der Waals surface area contributed by atoms with Crippen molar-refractivity contribution in [3.05, 3.63) is 66.9 Å². The van der Waals surface area contributed by atoms with Crippen molar-refractivity contribution in [2.24, 2.45) is 0 Å². The van der Waals surface area contributed by atoms with E-state index < -0.39 is 0 Å². The lowest BCUT2D eigenvalue weighted by atomic mass is 10.1. The van der Waals surface area contributed by atoms with Gasteiger partial charge in [-0.1, -0.05) is 12.1 Å². The van der Waals surface area contributed by atoms with Gasteiger partial charge in [0, 0.05) is 37.2 Å². The summed E-state index contributed by atoms with van der Waals surface area (Å²) in [6.07, 6.45) is 5.17. The fourth-order valence-electron chi connectivity index (χ4n) is 3.64. The molecule has 30 heavy (non-hydrogen) atoms. The second-order valence-corrected chi connectivity index (χ2v) is 7.59. The Morgan fingerprint density at radius 1 is 1.07 bits per heavy atom. The Hall–Kier alpha value is -3.45. The van der Waals surface area contributed by atoms with Gasteiger partial charge in [-0.15, -0.1) is 0 Å². The third-order valence-electron chi connectivity index (χ3n) is 5.20. The first-order valence-electron chi connectivity index (χ1n) is 9.99. The van der Waals surface area contributed by atoms with Crippen LogP contribution in [0.1, 0.15) is 11.9 Å². The van der Waals surface area contributed by atoms with Crippen LogP contribution in [0.5, 0.6) is 11.5 Å². The molecule has 1 aromatic carbocycles. The lowest BCUT2D eigenvalue weighted by Crippen LogP contribution is -2.27.